The highest BCUT2D eigenvalue weighted by Gasteiger charge is 2.13. The molecular weight excluding hydrogens is 183 g/mol. The molecule has 0 bridgehead atoms. The van der Waals surface area contributed by atoms with E-state index in [0.29, 0.717) is 12.2 Å². The number of rotatable bonds is 4. The first kappa shape index (κ1) is 11.1. The molecule has 1 aromatic carbocycles. The molecule has 0 aliphatic rings. The Hall–Kier alpha value is -0.970. The van der Waals surface area contributed by atoms with Gasteiger partial charge in [-0.15, -0.1) is 0 Å². The summed E-state index contributed by atoms with van der Waals surface area (Å²) in [5.74, 6) is 5.04. The molecule has 1 rings (SSSR count). The zero-order valence-corrected chi connectivity index (χ0v) is 8.38. The number of methoxy groups -OCH3 is 1. The number of hydrazine groups is 1. The number of aryl methyl sites for hydroxylation is 1. The van der Waals surface area contributed by atoms with Gasteiger partial charge in [-0.1, -0.05) is 12.1 Å². The van der Waals surface area contributed by atoms with E-state index in [2.05, 4.69) is 5.43 Å². The van der Waals surface area contributed by atoms with E-state index in [4.69, 9.17) is 10.6 Å². The van der Waals surface area contributed by atoms with E-state index in [0.717, 1.165) is 5.56 Å². The summed E-state index contributed by atoms with van der Waals surface area (Å²) >= 11 is 0. The highest BCUT2D eigenvalue weighted by molar-refractivity contribution is 5.26. The summed E-state index contributed by atoms with van der Waals surface area (Å²) < 4.78 is 18.4. The Bertz CT molecular complexity index is 304. The lowest BCUT2D eigenvalue weighted by Crippen LogP contribution is -2.31. The molecule has 1 atom stereocenters. The lowest BCUT2D eigenvalue weighted by atomic mass is 10.1. The number of benzene rings is 1. The lowest BCUT2D eigenvalue weighted by Gasteiger charge is -2.16. The third-order valence-corrected chi connectivity index (χ3v) is 2.07. The summed E-state index contributed by atoms with van der Waals surface area (Å²) in [6.07, 6.45) is 0. The quantitative estimate of drug-likeness (QED) is 0.566. The fraction of sp³-hybridized carbons (Fsp3) is 0.400. The van der Waals surface area contributed by atoms with Crippen LogP contribution in [0.15, 0.2) is 18.2 Å². The summed E-state index contributed by atoms with van der Waals surface area (Å²) in [4.78, 5) is 0. The van der Waals surface area contributed by atoms with Gasteiger partial charge in [0.25, 0.3) is 0 Å². The first-order valence-electron chi connectivity index (χ1n) is 4.40. The van der Waals surface area contributed by atoms with Crippen molar-refractivity contribution in [2.24, 2.45) is 5.84 Å². The molecule has 0 fully saturated rings. The van der Waals surface area contributed by atoms with Crippen LogP contribution in [0.4, 0.5) is 4.39 Å². The molecule has 1 aromatic rings. The largest absolute Gasteiger partial charge is 0.383 e. The van der Waals surface area contributed by atoms with Crippen LogP contribution in [0, 0.1) is 12.7 Å². The van der Waals surface area contributed by atoms with Crippen LogP contribution in [0.2, 0.25) is 0 Å². The predicted octanol–water partition coefficient (Wildman–Crippen LogP) is 1.28. The summed E-state index contributed by atoms with van der Waals surface area (Å²) in [5, 5.41) is 0. The van der Waals surface area contributed by atoms with Gasteiger partial charge < -0.3 is 4.74 Å². The highest BCUT2D eigenvalue weighted by atomic mass is 19.1. The van der Waals surface area contributed by atoms with Gasteiger partial charge in [-0.3, -0.25) is 11.3 Å². The molecule has 0 radical (unpaired) electrons. The molecule has 0 aliphatic carbocycles. The fourth-order valence-electron chi connectivity index (χ4n) is 1.31. The van der Waals surface area contributed by atoms with Crippen LogP contribution in [-0.4, -0.2) is 13.7 Å². The van der Waals surface area contributed by atoms with Crippen molar-refractivity contribution in [1.29, 1.82) is 0 Å². The van der Waals surface area contributed by atoms with Crippen LogP contribution in [-0.2, 0) is 4.74 Å². The van der Waals surface area contributed by atoms with E-state index in [-0.39, 0.29) is 11.9 Å². The predicted molar refractivity (Wildman–Crippen MR) is 53.1 cm³/mol. The zero-order chi connectivity index (χ0) is 10.6. The van der Waals surface area contributed by atoms with Crippen molar-refractivity contribution in [3.63, 3.8) is 0 Å². The molecule has 0 amide bonds. The standard InChI is InChI=1S/C10H15FN2O/c1-7-3-4-8(9(11)5-7)10(13-12)6-14-2/h3-5,10,13H,6,12H2,1-2H3. The third kappa shape index (κ3) is 2.51. The smallest absolute Gasteiger partial charge is 0.128 e. The van der Waals surface area contributed by atoms with E-state index in [1.54, 1.807) is 13.2 Å². The van der Waals surface area contributed by atoms with E-state index >= 15 is 0 Å². The van der Waals surface area contributed by atoms with Crippen LogP contribution >= 0.6 is 0 Å². The fourth-order valence-corrected chi connectivity index (χ4v) is 1.31. The Morgan fingerprint density at radius 1 is 1.57 bits per heavy atom. The van der Waals surface area contributed by atoms with Crippen molar-refractivity contribution in [1.82, 2.24) is 5.43 Å². The van der Waals surface area contributed by atoms with Gasteiger partial charge in [-0.05, 0) is 18.6 Å². The number of hydrogen-bond donors (Lipinski definition) is 2. The Morgan fingerprint density at radius 3 is 2.79 bits per heavy atom. The Morgan fingerprint density at radius 2 is 2.29 bits per heavy atom. The first-order chi connectivity index (χ1) is 6.69. The number of hydrogen-bond acceptors (Lipinski definition) is 3. The van der Waals surface area contributed by atoms with Crippen LogP contribution < -0.4 is 11.3 Å². The molecule has 0 saturated carbocycles. The van der Waals surface area contributed by atoms with Crippen molar-refractivity contribution >= 4 is 0 Å². The second-order valence-corrected chi connectivity index (χ2v) is 3.20. The van der Waals surface area contributed by atoms with Crippen molar-refractivity contribution in [3.05, 3.63) is 35.1 Å². The maximum Gasteiger partial charge on any atom is 0.128 e. The van der Waals surface area contributed by atoms with E-state index in [1.807, 2.05) is 13.0 Å². The summed E-state index contributed by atoms with van der Waals surface area (Å²) in [6.45, 7) is 2.19. The van der Waals surface area contributed by atoms with Gasteiger partial charge >= 0.3 is 0 Å². The second kappa shape index (κ2) is 5.05. The minimum Gasteiger partial charge on any atom is -0.383 e. The Kier molecular flexibility index (Phi) is 4.00. The molecule has 3 N–H and O–H groups in total. The van der Waals surface area contributed by atoms with Gasteiger partial charge in [0.1, 0.15) is 5.82 Å². The number of nitrogens with two attached hydrogens (primary N) is 1. The normalized spacial score (nSPS) is 12.9. The van der Waals surface area contributed by atoms with Crippen LogP contribution in [0.1, 0.15) is 17.2 Å². The molecule has 14 heavy (non-hydrogen) atoms. The topological polar surface area (TPSA) is 47.3 Å². The maximum absolute atomic E-state index is 13.5. The Labute approximate surface area is 83.0 Å². The highest BCUT2D eigenvalue weighted by Crippen LogP contribution is 2.17. The molecule has 0 aliphatic heterocycles. The molecule has 0 saturated heterocycles. The maximum atomic E-state index is 13.5. The molecule has 0 spiro atoms. The van der Waals surface area contributed by atoms with Gasteiger partial charge in [0.15, 0.2) is 0 Å². The first-order valence-corrected chi connectivity index (χ1v) is 4.40. The SMILES string of the molecule is COCC(NN)c1ccc(C)cc1F. The van der Waals surface area contributed by atoms with Crippen molar-refractivity contribution in [3.8, 4) is 0 Å². The number of ether oxygens (including phenoxy) is 1. The summed E-state index contributed by atoms with van der Waals surface area (Å²) in [6, 6.07) is 4.74. The zero-order valence-electron chi connectivity index (χ0n) is 8.38. The average molecular weight is 198 g/mol. The van der Waals surface area contributed by atoms with Crippen molar-refractivity contribution in [2.45, 2.75) is 13.0 Å². The minimum atomic E-state index is -0.305. The third-order valence-electron chi connectivity index (χ3n) is 2.07. The molecule has 0 heterocycles. The van der Waals surface area contributed by atoms with Gasteiger partial charge in [-0.2, -0.15) is 0 Å². The van der Waals surface area contributed by atoms with Crippen molar-refractivity contribution in [2.75, 3.05) is 13.7 Å². The molecular formula is C10H15FN2O. The van der Waals surface area contributed by atoms with Gasteiger partial charge in [0.05, 0.1) is 12.6 Å². The number of halogens is 1. The van der Waals surface area contributed by atoms with Crippen molar-refractivity contribution < 1.29 is 9.13 Å². The van der Waals surface area contributed by atoms with E-state index in [1.165, 1.54) is 6.07 Å². The van der Waals surface area contributed by atoms with E-state index < -0.39 is 0 Å². The van der Waals surface area contributed by atoms with Gasteiger partial charge in [0, 0.05) is 12.7 Å². The molecule has 1 unspecified atom stereocenters. The molecule has 3 nitrogen and oxygen atoms in total. The summed E-state index contributed by atoms with van der Waals surface area (Å²) in [5.41, 5.74) is 3.93. The minimum absolute atomic E-state index is 0.259. The second-order valence-electron chi connectivity index (χ2n) is 3.20. The molecule has 4 heteroatoms. The summed E-state index contributed by atoms with van der Waals surface area (Å²) in [7, 11) is 1.55. The lowest BCUT2D eigenvalue weighted by molar-refractivity contribution is 0.165. The Balaban J connectivity index is 2.92. The van der Waals surface area contributed by atoms with E-state index in [9.17, 15) is 4.39 Å². The van der Waals surface area contributed by atoms with Crippen LogP contribution in [0.3, 0.4) is 0 Å². The average Bonchev–Trinajstić information content (AvgIpc) is 2.15. The molecule has 0 aromatic heterocycles. The monoisotopic (exact) mass is 198 g/mol. The van der Waals surface area contributed by atoms with Crippen LogP contribution in [0.5, 0.6) is 0 Å². The van der Waals surface area contributed by atoms with Gasteiger partial charge in [-0.25, -0.2) is 4.39 Å². The van der Waals surface area contributed by atoms with Crippen LogP contribution in [0.25, 0.3) is 0 Å². The molecule has 78 valence electrons. The number of nitrogens with one attached hydrogen (secondary N) is 1. The van der Waals surface area contributed by atoms with Gasteiger partial charge in [0.2, 0.25) is 0 Å².